The van der Waals surface area contributed by atoms with Crippen LogP contribution in [-0.2, 0) is 17.8 Å². The molecule has 3 N–H and O–H groups in total. The normalized spacial score (nSPS) is 11.2. The molecule has 0 fully saturated rings. The SMILES string of the molecule is COc1c(CN)cc(CC(=O)O)nc1OC(F)(F)F. The number of hydrogen-bond donors (Lipinski definition) is 2. The molecule has 0 aliphatic carbocycles. The highest BCUT2D eigenvalue weighted by atomic mass is 19.4. The number of nitrogens with two attached hydrogens (primary N) is 1. The summed E-state index contributed by atoms with van der Waals surface area (Å²) in [5.74, 6) is -2.36. The van der Waals surface area contributed by atoms with E-state index in [1.54, 1.807) is 0 Å². The molecule has 0 saturated heterocycles. The number of carbonyl (C=O) groups is 1. The van der Waals surface area contributed by atoms with Gasteiger partial charge in [0.05, 0.1) is 19.2 Å². The summed E-state index contributed by atoms with van der Waals surface area (Å²) in [6, 6.07) is 1.26. The van der Waals surface area contributed by atoms with E-state index in [0.717, 1.165) is 7.11 Å². The van der Waals surface area contributed by atoms with Crippen LogP contribution in [0.15, 0.2) is 6.07 Å². The first-order chi connectivity index (χ1) is 8.76. The van der Waals surface area contributed by atoms with Gasteiger partial charge in [-0.25, -0.2) is 4.98 Å². The molecular weight excluding hydrogens is 269 g/mol. The van der Waals surface area contributed by atoms with Crippen molar-refractivity contribution in [3.8, 4) is 11.6 Å². The van der Waals surface area contributed by atoms with Crippen LogP contribution in [0.2, 0.25) is 0 Å². The Morgan fingerprint density at radius 2 is 2.16 bits per heavy atom. The van der Waals surface area contributed by atoms with Crippen LogP contribution in [0.1, 0.15) is 11.3 Å². The fourth-order valence-electron chi connectivity index (χ4n) is 1.41. The summed E-state index contributed by atoms with van der Waals surface area (Å²) in [4.78, 5) is 14.0. The molecule has 19 heavy (non-hydrogen) atoms. The number of rotatable bonds is 5. The van der Waals surface area contributed by atoms with E-state index in [0.29, 0.717) is 0 Å². The van der Waals surface area contributed by atoms with Gasteiger partial charge in [-0.05, 0) is 6.07 Å². The molecule has 1 heterocycles. The minimum absolute atomic E-state index is 0.104. The lowest BCUT2D eigenvalue weighted by atomic mass is 10.1. The minimum atomic E-state index is -4.96. The monoisotopic (exact) mass is 280 g/mol. The molecule has 0 saturated carbocycles. The Kier molecular flexibility index (Phi) is 4.54. The fraction of sp³-hybridized carbons (Fsp3) is 0.400. The van der Waals surface area contributed by atoms with Gasteiger partial charge in [-0.3, -0.25) is 4.79 Å². The van der Waals surface area contributed by atoms with Crippen LogP contribution in [0.3, 0.4) is 0 Å². The second-order valence-electron chi connectivity index (χ2n) is 3.43. The molecule has 6 nitrogen and oxygen atoms in total. The number of methoxy groups -OCH3 is 1. The van der Waals surface area contributed by atoms with Gasteiger partial charge in [-0.1, -0.05) is 0 Å². The molecule has 0 atom stereocenters. The van der Waals surface area contributed by atoms with Gasteiger partial charge in [0.2, 0.25) is 0 Å². The number of carboxylic acids is 1. The van der Waals surface area contributed by atoms with E-state index in [4.69, 9.17) is 15.6 Å². The Balaban J connectivity index is 3.27. The van der Waals surface area contributed by atoms with E-state index in [1.807, 2.05) is 0 Å². The Hall–Kier alpha value is -2.03. The Labute approximate surface area is 105 Å². The van der Waals surface area contributed by atoms with Gasteiger partial charge in [0.1, 0.15) is 0 Å². The zero-order chi connectivity index (χ0) is 14.6. The molecule has 0 aliphatic rings. The summed E-state index contributed by atoms with van der Waals surface area (Å²) >= 11 is 0. The van der Waals surface area contributed by atoms with Gasteiger partial charge < -0.3 is 20.3 Å². The van der Waals surface area contributed by atoms with Crippen LogP contribution in [-0.4, -0.2) is 29.5 Å². The maximum Gasteiger partial charge on any atom is 0.574 e. The number of pyridine rings is 1. The number of alkyl halides is 3. The predicted octanol–water partition coefficient (Wildman–Crippen LogP) is 1.07. The second-order valence-corrected chi connectivity index (χ2v) is 3.43. The third-order valence-electron chi connectivity index (χ3n) is 2.04. The number of carboxylic acid groups (broad SMARTS) is 1. The number of aliphatic carboxylic acids is 1. The van der Waals surface area contributed by atoms with Gasteiger partial charge in [0, 0.05) is 12.1 Å². The molecular formula is C10H11F3N2O4. The Bertz CT molecular complexity index is 477. The van der Waals surface area contributed by atoms with Crippen molar-refractivity contribution in [3.63, 3.8) is 0 Å². The van der Waals surface area contributed by atoms with Gasteiger partial charge in [0.15, 0.2) is 5.75 Å². The summed E-state index contributed by atoms with van der Waals surface area (Å²) in [6.07, 6.45) is -5.51. The molecule has 106 valence electrons. The summed E-state index contributed by atoms with van der Waals surface area (Å²) < 4.78 is 45.1. The number of hydrogen-bond acceptors (Lipinski definition) is 5. The number of halogens is 3. The van der Waals surface area contributed by atoms with Crippen molar-refractivity contribution in [1.82, 2.24) is 4.98 Å². The topological polar surface area (TPSA) is 94.7 Å². The van der Waals surface area contributed by atoms with Crippen molar-refractivity contribution >= 4 is 5.97 Å². The highest BCUT2D eigenvalue weighted by Crippen LogP contribution is 2.33. The maximum atomic E-state index is 12.2. The molecule has 1 rings (SSSR count). The first-order valence-electron chi connectivity index (χ1n) is 5.01. The molecule has 1 aromatic heterocycles. The third kappa shape index (κ3) is 4.28. The molecule has 0 amide bonds. The average molecular weight is 280 g/mol. The highest BCUT2D eigenvalue weighted by Gasteiger charge is 2.34. The molecule has 9 heteroatoms. The lowest BCUT2D eigenvalue weighted by molar-refractivity contribution is -0.276. The molecule has 0 unspecified atom stereocenters. The standard InChI is InChI=1S/C10H11F3N2O4/c1-18-8-5(4-14)2-6(3-7(16)17)15-9(8)19-10(11,12)13/h2H,3-4,14H2,1H3,(H,16,17). The lowest BCUT2D eigenvalue weighted by Crippen LogP contribution is -2.20. The number of nitrogens with zero attached hydrogens (tertiary/aromatic N) is 1. The molecule has 0 bridgehead atoms. The van der Waals surface area contributed by atoms with E-state index in [9.17, 15) is 18.0 Å². The van der Waals surface area contributed by atoms with Gasteiger partial charge in [0.25, 0.3) is 5.88 Å². The quantitative estimate of drug-likeness (QED) is 0.838. The molecule has 0 radical (unpaired) electrons. The van der Waals surface area contributed by atoms with Gasteiger partial charge >= 0.3 is 12.3 Å². The third-order valence-corrected chi connectivity index (χ3v) is 2.04. The zero-order valence-corrected chi connectivity index (χ0v) is 9.82. The number of aromatic nitrogens is 1. The average Bonchev–Trinajstić information content (AvgIpc) is 2.25. The Morgan fingerprint density at radius 3 is 2.58 bits per heavy atom. The fourth-order valence-corrected chi connectivity index (χ4v) is 1.41. The van der Waals surface area contributed by atoms with E-state index in [2.05, 4.69) is 9.72 Å². The van der Waals surface area contributed by atoms with Crippen molar-refractivity contribution in [2.45, 2.75) is 19.3 Å². The summed E-state index contributed by atoms with van der Waals surface area (Å²) in [5.41, 5.74) is 5.44. The van der Waals surface area contributed by atoms with Crippen molar-refractivity contribution in [3.05, 3.63) is 17.3 Å². The molecule has 1 aromatic rings. The second kappa shape index (κ2) is 5.74. The maximum absolute atomic E-state index is 12.2. The van der Waals surface area contributed by atoms with Gasteiger partial charge in [-0.2, -0.15) is 0 Å². The summed E-state index contributed by atoms with van der Waals surface area (Å²) in [6.45, 7) is -0.146. The molecule has 0 aromatic carbocycles. The predicted molar refractivity (Wildman–Crippen MR) is 56.7 cm³/mol. The van der Waals surface area contributed by atoms with E-state index >= 15 is 0 Å². The van der Waals surface area contributed by atoms with Crippen molar-refractivity contribution in [2.24, 2.45) is 5.73 Å². The minimum Gasteiger partial charge on any atom is -0.491 e. The first-order valence-corrected chi connectivity index (χ1v) is 5.01. The van der Waals surface area contributed by atoms with Crippen LogP contribution in [0.4, 0.5) is 13.2 Å². The van der Waals surface area contributed by atoms with Crippen LogP contribution >= 0.6 is 0 Å². The van der Waals surface area contributed by atoms with Crippen LogP contribution in [0.5, 0.6) is 11.6 Å². The van der Waals surface area contributed by atoms with Crippen LogP contribution < -0.4 is 15.2 Å². The van der Waals surface area contributed by atoms with Gasteiger partial charge in [-0.15, -0.1) is 13.2 Å². The van der Waals surface area contributed by atoms with E-state index in [-0.39, 0.29) is 23.6 Å². The van der Waals surface area contributed by atoms with Crippen LogP contribution in [0, 0.1) is 0 Å². The Morgan fingerprint density at radius 1 is 1.53 bits per heavy atom. The van der Waals surface area contributed by atoms with E-state index < -0.39 is 24.6 Å². The lowest BCUT2D eigenvalue weighted by Gasteiger charge is -2.15. The summed E-state index contributed by atoms with van der Waals surface area (Å²) in [7, 11) is 1.14. The largest absolute Gasteiger partial charge is 0.574 e. The van der Waals surface area contributed by atoms with Crippen molar-refractivity contribution in [2.75, 3.05) is 7.11 Å². The molecule has 0 aliphatic heterocycles. The molecule has 0 spiro atoms. The van der Waals surface area contributed by atoms with E-state index in [1.165, 1.54) is 6.07 Å². The smallest absolute Gasteiger partial charge is 0.491 e. The number of ether oxygens (including phenoxy) is 2. The van der Waals surface area contributed by atoms with Crippen LogP contribution in [0.25, 0.3) is 0 Å². The first kappa shape index (κ1) is 15.0. The zero-order valence-electron chi connectivity index (χ0n) is 9.82. The highest BCUT2D eigenvalue weighted by molar-refractivity contribution is 5.69. The summed E-state index contributed by atoms with van der Waals surface area (Å²) in [5, 5.41) is 8.61. The van der Waals surface area contributed by atoms with Crippen molar-refractivity contribution < 1.29 is 32.5 Å². The van der Waals surface area contributed by atoms with Crippen molar-refractivity contribution in [1.29, 1.82) is 0 Å².